The Hall–Kier alpha value is -2.04. The van der Waals surface area contributed by atoms with Crippen LogP contribution in [-0.4, -0.2) is 42.5 Å². The van der Waals surface area contributed by atoms with Crippen molar-refractivity contribution in [1.29, 1.82) is 0 Å². The number of hydrogen-bond donors (Lipinski definition) is 0. The van der Waals surface area contributed by atoms with E-state index in [9.17, 15) is 9.59 Å². The minimum atomic E-state index is -0.917. The molecular formula is C19H28N2O3. The number of amides is 2. The summed E-state index contributed by atoms with van der Waals surface area (Å²) >= 11 is 0. The number of unbranched alkanes of at least 4 members (excludes halogenated alkanes) is 1. The highest BCUT2D eigenvalue weighted by Gasteiger charge is 2.40. The van der Waals surface area contributed by atoms with Gasteiger partial charge >= 0.3 is 0 Å². The van der Waals surface area contributed by atoms with Crippen LogP contribution < -0.4 is 9.64 Å². The lowest BCUT2D eigenvalue weighted by Gasteiger charge is -2.39. The smallest absolute Gasteiger partial charge is 0.270 e. The molecule has 0 aliphatic carbocycles. The van der Waals surface area contributed by atoms with Crippen molar-refractivity contribution in [2.24, 2.45) is 0 Å². The molecule has 5 heteroatoms. The predicted molar refractivity (Wildman–Crippen MR) is 95.4 cm³/mol. The average Bonchev–Trinajstić information content (AvgIpc) is 2.53. The van der Waals surface area contributed by atoms with Crippen LogP contribution in [0.4, 0.5) is 5.69 Å². The van der Waals surface area contributed by atoms with Gasteiger partial charge in [-0.1, -0.05) is 19.4 Å². The third kappa shape index (κ3) is 3.89. The number of carbonyl (C=O) groups is 2. The fourth-order valence-electron chi connectivity index (χ4n) is 2.82. The summed E-state index contributed by atoms with van der Waals surface area (Å²) in [5, 5.41) is 0. The van der Waals surface area contributed by atoms with Gasteiger partial charge in [0.2, 0.25) is 5.91 Å². The maximum atomic E-state index is 12.8. The van der Waals surface area contributed by atoms with E-state index in [1.165, 1.54) is 0 Å². The quantitative estimate of drug-likeness (QED) is 0.804. The number of fused-ring (bicyclic) bond motifs is 1. The average molecular weight is 332 g/mol. The number of anilines is 1. The third-order valence-electron chi connectivity index (χ3n) is 4.35. The van der Waals surface area contributed by atoms with Gasteiger partial charge in [0.15, 0.2) is 5.60 Å². The van der Waals surface area contributed by atoms with E-state index in [1.54, 1.807) is 23.6 Å². The molecule has 0 aromatic heterocycles. The van der Waals surface area contributed by atoms with Crippen LogP contribution in [-0.2, 0) is 9.59 Å². The molecule has 0 N–H and O–H groups in total. The van der Waals surface area contributed by atoms with Gasteiger partial charge in [0.05, 0.1) is 5.69 Å². The maximum Gasteiger partial charge on any atom is 0.270 e. The van der Waals surface area contributed by atoms with Gasteiger partial charge in [0, 0.05) is 26.6 Å². The van der Waals surface area contributed by atoms with Gasteiger partial charge in [-0.05, 0) is 44.9 Å². The topological polar surface area (TPSA) is 49.9 Å². The van der Waals surface area contributed by atoms with Crippen molar-refractivity contribution < 1.29 is 14.3 Å². The Morgan fingerprint density at radius 3 is 2.71 bits per heavy atom. The van der Waals surface area contributed by atoms with Crippen molar-refractivity contribution in [2.45, 2.75) is 52.6 Å². The molecule has 0 atom stereocenters. The van der Waals surface area contributed by atoms with Gasteiger partial charge in [0.25, 0.3) is 5.91 Å². The molecule has 0 unspecified atom stereocenters. The molecule has 24 heavy (non-hydrogen) atoms. The molecule has 2 amide bonds. The predicted octanol–water partition coefficient (Wildman–Crippen LogP) is 3.15. The molecule has 1 aromatic carbocycles. The largest absolute Gasteiger partial charge is 0.476 e. The van der Waals surface area contributed by atoms with Gasteiger partial charge in [-0.25, -0.2) is 0 Å². The van der Waals surface area contributed by atoms with Crippen molar-refractivity contribution in [3.63, 3.8) is 0 Å². The van der Waals surface area contributed by atoms with Gasteiger partial charge in [0.1, 0.15) is 5.75 Å². The van der Waals surface area contributed by atoms with E-state index in [2.05, 4.69) is 6.92 Å². The Labute approximate surface area is 144 Å². The van der Waals surface area contributed by atoms with Crippen LogP contribution in [0.15, 0.2) is 18.2 Å². The molecule has 0 radical (unpaired) electrons. The van der Waals surface area contributed by atoms with Crippen LogP contribution in [0.1, 0.15) is 45.6 Å². The molecule has 132 valence electrons. The summed E-state index contributed by atoms with van der Waals surface area (Å²) in [5.74, 6) is 0.649. The van der Waals surface area contributed by atoms with E-state index in [4.69, 9.17) is 4.74 Å². The van der Waals surface area contributed by atoms with Crippen LogP contribution in [0.25, 0.3) is 0 Å². The van der Waals surface area contributed by atoms with E-state index in [1.807, 2.05) is 32.2 Å². The van der Waals surface area contributed by atoms with Crippen molar-refractivity contribution in [3.05, 3.63) is 23.8 Å². The zero-order valence-corrected chi connectivity index (χ0v) is 15.4. The Kier molecular flexibility index (Phi) is 5.52. The Morgan fingerprint density at radius 1 is 1.33 bits per heavy atom. The second-order valence-corrected chi connectivity index (χ2v) is 6.96. The molecule has 0 spiro atoms. The fourth-order valence-corrected chi connectivity index (χ4v) is 2.82. The van der Waals surface area contributed by atoms with Crippen molar-refractivity contribution in [1.82, 2.24) is 4.90 Å². The first-order valence-corrected chi connectivity index (χ1v) is 8.62. The summed E-state index contributed by atoms with van der Waals surface area (Å²) < 4.78 is 5.84. The molecule has 1 heterocycles. The molecular weight excluding hydrogens is 304 g/mol. The molecule has 0 fully saturated rings. The first kappa shape index (κ1) is 18.3. The van der Waals surface area contributed by atoms with Crippen LogP contribution in [0.5, 0.6) is 5.75 Å². The van der Waals surface area contributed by atoms with Crippen molar-refractivity contribution in [2.75, 3.05) is 25.0 Å². The van der Waals surface area contributed by atoms with Gasteiger partial charge in [-0.15, -0.1) is 0 Å². The number of ether oxygens (including phenoxy) is 1. The lowest BCUT2D eigenvalue weighted by molar-refractivity contribution is -0.133. The first-order valence-electron chi connectivity index (χ1n) is 8.62. The molecule has 1 aliphatic heterocycles. The SMILES string of the molecule is CCCCN(C)C(=O)CCN1C(=O)C(C)(C)Oc2ccc(C)cc21. The minimum absolute atomic E-state index is 0.0646. The van der Waals surface area contributed by atoms with E-state index < -0.39 is 5.60 Å². The molecule has 5 nitrogen and oxygen atoms in total. The van der Waals surface area contributed by atoms with Crippen molar-refractivity contribution in [3.8, 4) is 5.75 Å². The van der Waals surface area contributed by atoms with Crippen LogP contribution in [0.3, 0.4) is 0 Å². The summed E-state index contributed by atoms with van der Waals surface area (Å²) in [5.41, 5.74) is 0.893. The first-order chi connectivity index (χ1) is 11.3. The van der Waals surface area contributed by atoms with Crippen LogP contribution >= 0.6 is 0 Å². The Morgan fingerprint density at radius 2 is 2.04 bits per heavy atom. The molecule has 1 aromatic rings. The van der Waals surface area contributed by atoms with Gasteiger partial charge in [-0.2, -0.15) is 0 Å². The summed E-state index contributed by atoms with van der Waals surface area (Å²) in [6.07, 6.45) is 2.36. The monoisotopic (exact) mass is 332 g/mol. The van der Waals surface area contributed by atoms with Gasteiger partial charge < -0.3 is 14.5 Å². The van der Waals surface area contributed by atoms with E-state index in [0.29, 0.717) is 18.7 Å². The summed E-state index contributed by atoms with van der Waals surface area (Å²) in [4.78, 5) is 28.5. The second-order valence-electron chi connectivity index (χ2n) is 6.96. The standard InChI is InChI=1S/C19H28N2O3/c1-6-7-11-20(5)17(22)10-12-21-15-13-14(2)8-9-16(15)24-19(3,4)18(21)23/h8-9,13H,6-7,10-12H2,1-5H3. The summed E-state index contributed by atoms with van der Waals surface area (Å²) in [6, 6.07) is 5.79. The summed E-state index contributed by atoms with van der Waals surface area (Å²) in [7, 11) is 1.82. The lowest BCUT2D eigenvalue weighted by atomic mass is 10.0. The second kappa shape index (κ2) is 7.24. The van der Waals surface area contributed by atoms with E-state index in [0.717, 1.165) is 30.6 Å². The highest BCUT2D eigenvalue weighted by atomic mass is 16.5. The lowest BCUT2D eigenvalue weighted by Crippen LogP contribution is -2.53. The minimum Gasteiger partial charge on any atom is -0.476 e. The third-order valence-corrected chi connectivity index (χ3v) is 4.35. The Balaban J connectivity index is 2.15. The van der Waals surface area contributed by atoms with Gasteiger partial charge in [-0.3, -0.25) is 9.59 Å². The maximum absolute atomic E-state index is 12.8. The zero-order valence-electron chi connectivity index (χ0n) is 15.4. The molecule has 0 saturated carbocycles. The molecule has 0 saturated heterocycles. The number of carbonyl (C=O) groups excluding carboxylic acids is 2. The Bertz CT molecular complexity index is 625. The molecule has 1 aliphatic rings. The normalized spacial score (nSPS) is 15.7. The van der Waals surface area contributed by atoms with Crippen molar-refractivity contribution >= 4 is 17.5 Å². The number of aryl methyl sites for hydroxylation is 1. The molecule has 0 bridgehead atoms. The summed E-state index contributed by atoms with van der Waals surface area (Å²) in [6.45, 7) is 8.74. The number of nitrogens with zero attached hydrogens (tertiary/aromatic N) is 2. The highest BCUT2D eigenvalue weighted by Crippen LogP contribution is 2.38. The van der Waals surface area contributed by atoms with E-state index >= 15 is 0 Å². The highest BCUT2D eigenvalue weighted by molar-refractivity contribution is 6.02. The molecule has 2 rings (SSSR count). The zero-order chi connectivity index (χ0) is 17.9. The number of hydrogen-bond acceptors (Lipinski definition) is 3. The fraction of sp³-hybridized carbons (Fsp3) is 0.579. The number of benzene rings is 1. The number of rotatable bonds is 6. The van der Waals surface area contributed by atoms with E-state index in [-0.39, 0.29) is 11.8 Å². The van der Waals surface area contributed by atoms with Crippen LogP contribution in [0, 0.1) is 6.92 Å². The van der Waals surface area contributed by atoms with Crippen LogP contribution in [0.2, 0.25) is 0 Å².